The molecule has 2 rings (SSSR count). The summed E-state index contributed by atoms with van der Waals surface area (Å²) in [4.78, 5) is 21.6. The van der Waals surface area contributed by atoms with Gasteiger partial charge in [-0.05, 0) is 61.4 Å². The predicted octanol–water partition coefficient (Wildman–Crippen LogP) is 5.00. The summed E-state index contributed by atoms with van der Waals surface area (Å²) >= 11 is 6.52. The largest absolute Gasteiger partial charge is 0.478 e. The fourth-order valence-corrected chi connectivity index (χ4v) is 3.05. The van der Waals surface area contributed by atoms with Gasteiger partial charge in [-0.15, -0.1) is 0 Å². The highest BCUT2D eigenvalue weighted by molar-refractivity contribution is 9.10. The molecule has 0 bridgehead atoms. The van der Waals surface area contributed by atoms with Crippen molar-refractivity contribution in [1.29, 1.82) is 0 Å². The Morgan fingerprint density at radius 1 is 0.870 bits per heavy atom. The molecule has 0 spiro atoms. The van der Waals surface area contributed by atoms with E-state index < -0.39 is 5.97 Å². The summed E-state index contributed by atoms with van der Waals surface area (Å²) in [6.45, 7) is 3.79. The minimum absolute atomic E-state index is 0.306. The molecule has 6 heteroatoms. The number of carbonyl (C=O) groups excluding carboxylic acids is 1. The molecule has 0 amide bonds. The van der Waals surface area contributed by atoms with Gasteiger partial charge >= 0.3 is 11.9 Å². The van der Waals surface area contributed by atoms with Crippen LogP contribution in [-0.2, 0) is 4.74 Å². The molecule has 0 aliphatic rings. The van der Waals surface area contributed by atoms with E-state index in [0.717, 1.165) is 20.1 Å². The van der Waals surface area contributed by atoms with Crippen LogP contribution in [0.15, 0.2) is 45.3 Å². The van der Waals surface area contributed by atoms with Crippen molar-refractivity contribution in [1.82, 2.24) is 0 Å². The molecule has 1 N–H and O–H groups in total. The van der Waals surface area contributed by atoms with Gasteiger partial charge in [-0.1, -0.05) is 31.9 Å². The third-order valence-corrected chi connectivity index (χ3v) is 3.67. The third kappa shape index (κ3) is 6.54. The van der Waals surface area contributed by atoms with Crippen LogP contribution < -0.4 is 0 Å². The zero-order chi connectivity index (χ0) is 17.6. The molecule has 0 saturated heterocycles. The first-order valence-corrected chi connectivity index (χ1v) is 8.17. The number of hydrogen-bond donors (Lipinski definition) is 1. The molecule has 0 atom stereocenters. The number of halogens is 2. The number of carboxylic acids is 1. The molecule has 0 unspecified atom stereocenters. The normalized spacial score (nSPS) is 9.61. The molecule has 0 aliphatic carbocycles. The van der Waals surface area contributed by atoms with Crippen LogP contribution in [-0.4, -0.2) is 24.2 Å². The van der Waals surface area contributed by atoms with Gasteiger partial charge < -0.3 is 9.84 Å². The molecule has 0 radical (unpaired) electrons. The molecule has 122 valence electrons. The van der Waals surface area contributed by atoms with E-state index in [4.69, 9.17) is 5.11 Å². The SMILES string of the molecule is COC(=O)c1cc(C)cc(Br)c1.Cc1cc(Br)cc(C(=O)O)c1. The summed E-state index contributed by atoms with van der Waals surface area (Å²) in [5.41, 5.74) is 2.86. The Balaban J connectivity index is 0.000000231. The smallest absolute Gasteiger partial charge is 0.337 e. The Hall–Kier alpha value is -1.66. The third-order valence-electron chi connectivity index (χ3n) is 2.75. The van der Waals surface area contributed by atoms with Crippen LogP contribution in [0.2, 0.25) is 0 Å². The van der Waals surface area contributed by atoms with Crippen molar-refractivity contribution in [3.05, 3.63) is 67.6 Å². The highest BCUT2D eigenvalue weighted by Crippen LogP contribution is 2.16. The van der Waals surface area contributed by atoms with E-state index in [0.29, 0.717) is 11.1 Å². The van der Waals surface area contributed by atoms with Crippen molar-refractivity contribution in [2.24, 2.45) is 0 Å². The van der Waals surface area contributed by atoms with Gasteiger partial charge in [0.2, 0.25) is 0 Å². The lowest BCUT2D eigenvalue weighted by Crippen LogP contribution is -2.01. The number of aryl methyl sites for hydroxylation is 2. The van der Waals surface area contributed by atoms with Gasteiger partial charge in [0.25, 0.3) is 0 Å². The van der Waals surface area contributed by atoms with Crippen LogP contribution in [0.3, 0.4) is 0 Å². The van der Waals surface area contributed by atoms with Crippen LogP contribution in [0.25, 0.3) is 0 Å². The number of aromatic carboxylic acids is 1. The standard InChI is InChI=1S/C9H9BrO2.C8H7BrO2/c1-6-3-7(9(11)12-2)5-8(10)4-6;1-5-2-6(8(10)11)4-7(9)3-5/h3-5H,1-2H3;2-4H,1H3,(H,10,11). The number of carboxylic acid groups (broad SMARTS) is 1. The summed E-state index contributed by atoms with van der Waals surface area (Å²) in [5.74, 6) is -1.20. The van der Waals surface area contributed by atoms with Crippen molar-refractivity contribution in [2.45, 2.75) is 13.8 Å². The second-order valence-electron chi connectivity index (χ2n) is 4.83. The number of methoxy groups -OCH3 is 1. The minimum atomic E-state index is -0.894. The van der Waals surface area contributed by atoms with Crippen LogP contribution in [0.5, 0.6) is 0 Å². The van der Waals surface area contributed by atoms with E-state index in [9.17, 15) is 9.59 Å². The molecule has 23 heavy (non-hydrogen) atoms. The van der Waals surface area contributed by atoms with Crippen LogP contribution >= 0.6 is 31.9 Å². The second-order valence-corrected chi connectivity index (χ2v) is 6.66. The Labute approximate surface area is 151 Å². The Kier molecular flexibility index (Phi) is 7.45. The average molecular weight is 444 g/mol. The first kappa shape index (κ1) is 19.4. The minimum Gasteiger partial charge on any atom is -0.478 e. The quantitative estimate of drug-likeness (QED) is 0.663. The molecule has 0 aromatic heterocycles. The number of ether oxygens (including phenoxy) is 1. The van der Waals surface area contributed by atoms with Gasteiger partial charge in [-0.25, -0.2) is 9.59 Å². The lowest BCUT2D eigenvalue weighted by Gasteiger charge is -2.01. The van der Waals surface area contributed by atoms with Crippen LogP contribution in [0.1, 0.15) is 31.8 Å². The Morgan fingerprint density at radius 2 is 1.30 bits per heavy atom. The zero-order valence-electron chi connectivity index (χ0n) is 12.9. The van der Waals surface area contributed by atoms with E-state index in [1.807, 2.05) is 26.0 Å². The summed E-state index contributed by atoms with van der Waals surface area (Å²) in [6.07, 6.45) is 0. The maximum Gasteiger partial charge on any atom is 0.337 e. The molecular formula is C17H16Br2O4. The first-order valence-electron chi connectivity index (χ1n) is 6.59. The zero-order valence-corrected chi connectivity index (χ0v) is 16.1. The van der Waals surface area contributed by atoms with Crippen molar-refractivity contribution >= 4 is 43.8 Å². The van der Waals surface area contributed by atoms with E-state index in [-0.39, 0.29) is 5.97 Å². The topological polar surface area (TPSA) is 63.6 Å². The monoisotopic (exact) mass is 442 g/mol. The van der Waals surface area contributed by atoms with E-state index >= 15 is 0 Å². The predicted molar refractivity (Wildman–Crippen MR) is 96.1 cm³/mol. The van der Waals surface area contributed by atoms with Gasteiger partial charge in [0.15, 0.2) is 0 Å². The Morgan fingerprint density at radius 3 is 1.70 bits per heavy atom. The van der Waals surface area contributed by atoms with Crippen LogP contribution in [0.4, 0.5) is 0 Å². The average Bonchev–Trinajstić information content (AvgIpc) is 2.45. The highest BCUT2D eigenvalue weighted by atomic mass is 79.9. The molecule has 0 heterocycles. The second kappa shape index (κ2) is 8.84. The van der Waals surface area contributed by atoms with Gasteiger partial charge in [-0.2, -0.15) is 0 Å². The number of rotatable bonds is 2. The van der Waals surface area contributed by atoms with Crippen molar-refractivity contribution in [3.63, 3.8) is 0 Å². The summed E-state index contributed by atoms with van der Waals surface area (Å²) in [7, 11) is 1.37. The fourth-order valence-electron chi connectivity index (χ4n) is 1.83. The Bertz CT molecular complexity index is 686. The summed E-state index contributed by atoms with van der Waals surface area (Å²) in [5, 5.41) is 8.61. The maximum atomic E-state index is 11.1. The molecule has 0 aliphatic heterocycles. The summed E-state index contributed by atoms with van der Waals surface area (Å²) < 4.78 is 6.28. The molecular weight excluding hydrogens is 428 g/mol. The van der Waals surface area contributed by atoms with E-state index in [2.05, 4.69) is 36.6 Å². The molecule has 0 saturated carbocycles. The summed E-state index contributed by atoms with van der Waals surface area (Å²) in [6, 6.07) is 10.5. The molecule has 2 aromatic carbocycles. The lowest BCUT2D eigenvalue weighted by molar-refractivity contribution is 0.0599. The maximum absolute atomic E-state index is 11.1. The fraction of sp³-hybridized carbons (Fsp3) is 0.176. The lowest BCUT2D eigenvalue weighted by atomic mass is 10.1. The van der Waals surface area contributed by atoms with Gasteiger partial charge in [0.1, 0.15) is 0 Å². The number of esters is 1. The van der Waals surface area contributed by atoms with E-state index in [1.165, 1.54) is 7.11 Å². The van der Waals surface area contributed by atoms with E-state index in [1.54, 1.807) is 24.3 Å². The van der Waals surface area contributed by atoms with Crippen molar-refractivity contribution < 1.29 is 19.4 Å². The van der Waals surface area contributed by atoms with Gasteiger partial charge in [0.05, 0.1) is 18.2 Å². The van der Waals surface area contributed by atoms with Crippen LogP contribution in [0, 0.1) is 13.8 Å². The van der Waals surface area contributed by atoms with Crippen molar-refractivity contribution in [3.8, 4) is 0 Å². The number of carbonyl (C=O) groups is 2. The number of benzene rings is 2. The van der Waals surface area contributed by atoms with Crippen molar-refractivity contribution in [2.75, 3.05) is 7.11 Å². The first-order chi connectivity index (χ1) is 10.7. The molecule has 2 aromatic rings. The highest BCUT2D eigenvalue weighted by Gasteiger charge is 2.05. The van der Waals surface area contributed by atoms with Gasteiger partial charge in [-0.3, -0.25) is 0 Å². The molecule has 0 fully saturated rings. The van der Waals surface area contributed by atoms with Gasteiger partial charge in [0, 0.05) is 8.95 Å². The number of hydrogen-bond acceptors (Lipinski definition) is 3. The molecule has 4 nitrogen and oxygen atoms in total.